The molecule has 0 aliphatic rings. The highest BCUT2D eigenvalue weighted by molar-refractivity contribution is 5.78. The normalized spacial score (nSPS) is 13.3. The van der Waals surface area contributed by atoms with Gasteiger partial charge in [0.2, 0.25) is 0 Å². The zero-order chi connectivity index (χ0) is 11.4. The van der Waals surface area contributed by atoms with E-state index in [9.17, 15) is 4.79 Å². The van der Waals surface area contributed by atoms with E-state index in [0.717, 1.165) is 5.57 Å². The van der Waals surface area contributed by atoms with E-state index in [0.29, 0.717) is 5.57 Å². The van der Waals surface area contributed by atoms with Gasteiger partial charge in [0.15, 0.2) is 0 Å². The Morgan fingerprint density at radius 2 is 1.86 bits per heavy atom. The molecule has 0 aliphatic heterocycles. The summed E-state index contributed by atoms with van der Waals surface area (Å²) in [4.78, 5) is 10.9. The molecule has 0 aromatic carbocycles. The zero-order valence-electron chi connectivity index (χ0n) is 9.29. The van der Waals surface area contributed by atoms with Crippen LogP contribution in [-0.4, -0.2) is 11.1 Å². The summed E-state index contributed by atoms with van der Waals surface area (Å²) in [5.41, 5.74) is 0.795. The van der Waals surface area contributed by atoms with E-state index in [4.69, 9.17) is 5.11 Å². The van der Waals surface area contributed by atoms with Crippen LogP contribution in [0.2, 0.25) is 0 Å². The maximum Gasteiger partial charge on any atom is 0.313 e. The van der Waals surface area contributed by atoms with Gasteiger partial charge in [0.1, 0.15) is 0 Å². The Hall–Kier alpha value is -1.31. The van der Waals surface area contributed by atoms with E-state index in [1.54, 1.807) is 19.9 Å². The molecule has 0 unspecified atom stereocenters. The van der Waals surface area contributed by atoms with Crippen molar-refractivity contribution in [2.75, 3.05) is 0 Å². The highest BCUT2D eigenvalue weighted by atomic mass is 16.4. The Kier molecular flexibility index (Phi) is 4.35. The van der Waals surface area contributed by atoms with Crippen LogP contribution in [0.4, 0.5) is 0 Å². The fraction of sp³-hybridized carbons (Fsp3) is 0.417. The smallest absolute Gasteiger partial charge is 0.313 e. The molecule has 78 valence electrons. The van der Waals surface area contributed by atoms with Gasteiger partial charge in [-0.25, -0.2) is 0 Å². The lowest BCUT2D eigenvalue weighted by Gasteiger charge is -2.19. The lowest BCUT2D eigenvalue weighted by atomic mass is 9.85. The number of rotatable bonds is 4. The molecule has 0 aromatic heterocycles. The van der Waals surface area contributed by atoms with Crippen molar-refractivity contribution in [3.8, 4) is 0 Å². The van der Waals surface area contributed by atoms with Crippen LogP contribution in [0.15, 0.2) is 36.0 Å². The highest BCUT2D eigenvalue weighted by Crippen LogP contribution is 2.26. The van der Waals surface area contributed by atoms with Crippen molar-refractivity contribution in [3.63, 3.8) is 0 Å². The molecule has 0 aromatic rings. The molecule has 0 rings (SSSR count). The van der Waals surface area contributed by atoms with Gasteiger partial charge in [-0.05, 0) is 33.3 Å². The number of carboxylic acids is 1. The highest BCUT2D eigenvalue weighted by Gasteiger charge is 2.28. The van der Waals surface area contributed by atoms with Crippen LogP contribution < -0.4 is 0 Å². The van der Waals surface area contributed by atoms with Gasteiger partial charge in [-0.15, -0.1) is 0 Å². The van der Waals surface area contributed by atoms with Crippen LogP contribution in [0.5, 0.6) is 0 Å². The summed E-state index contributed by atoms with van der Waals surface area (Å²) in [5, 5.41) is 8.92. The summed E-state index contributed by atoms with van der Waals surface area (Å²) in [7, 11) is 0. The third-order valence-corrected chi connectivity index (χ3v) is 2.34. The van der Waals surface area contributed by atoms with Crippen molar-refractivity contribution in [1.82, 2.24) is 0 Å². The van der Waals surface area contributed by atoms with E-state index < -0.39 is 11.4 Å². The summed E-state index contributed by atoms with van der Waals surface area (Å²) < 4.78 is 0. The Balaban J connectivity index is 4.66. The van der Waals surface area contributed by atoms with E-state index in [1.807, 2.05) is 26.0 Å². The Labute approximate surface area is 85.6 Å². The minimum atomic E-state index is -0.898. The third-order valence-electron chi connectivity index (χ3n) is 2.34. The second-order valence-electron chi connectivity index (χ2n) is 3.82. The molecule has 2 nitrogen and oxygen atoms in total. The molecule has 0 bridgehead atoms. The van der Waals surface area contributed by atoms with Crippen molar-refractivity contribution in [1.29, 1.82) is 0 Å². The molecular formula is C12H18O2. The molecule has 0 heterocycles. The minimum Gasteiger partial charge on any atom is -0.481 e. The quantitative estimate of drug-likeness (QED) is 0.698. The van der Waals surface area contributed by atoms with Gasteiger partial charge >= 0.3 is 5.97 Å². The van der Waals surface area contributed by atoms with Gasteiger partial charge in [0.25, 0.3) is 0 Å². The summed E-state index contributed by atoms with van der Waals surface area (Å²) in [6, 6.07) is 0. The molecule has 0 saturated heterocycles. The maximum absolute atomic E-state index is 10.9. The van der Waals surface area contributed by atoms with Crippen LogP contribution in [0, 0.1) is 5.41 Å². The molecular weight excluding hydrogens is 176 g/mol. The van der Waals surface area contributed by atoms with Gasteiger partial charge in [-0.3, -0.25) is 4.79 Å². The van der Waals surface area contributed by atoms with Gasteiger partial charge < -0.3 is 5.11 Å². The molecule has 1 N–H and O–H groups in total. The number of carbonyl (C=O) groups is 1. The average molecular weight is 194 g/mol. The second kappa shape index (κ2) is 4.80. The first-order valence-electron chi connectivity index (χ1n) is 4.56. The van der Waals surface area contributed by atoms with Gasteiger partial charge in [0, 0.05) is 0 Å². The standard InChI is InChI=1S/C12H18O2/c1-6-9(2)7-8-10(3)12(4,5)11(13)14/h6-8H,3H2,1-2,4-5H3,(H,13,14)/b8-7-,9-6-. The molecule has 0 saturated carbocycles. The second-order valence-corrected chi connectivity index (χ2v) is 3.82. The van der Waals surface area contributed by atoms with Crippen LogP contribution in [0.3, 0.4) is 0 Å². The predicted octanol–water partition coefficient (Wildman–Crippen LogP) is 3.18. The fourth-order valence-electron chi connectivity index (χ4n) is 0.674. The molecule has 0 spiro atoms. The number of carboxylic acid groups (broad SMARTS) is 1. The molecule has 0 aliphatic carbocycles. The third kappa shape index (κ3) is 3.21. The average Bonchev–Trinajstić information content (AvgIpc) is 2.12. The molecule has 0 radical (unpaired) electrons. The Bertz CT molecular complexity index is 293. The topological polar surface area (TPSA) is 37.3 Å². The lowest BCUT2D eigenvalue weighted by molar-refractivity contribution is -0.144. The lowest BCUT2D eigenvalue weighted by Crippen LogP contribution is -2.24. The van der Waals surface area contributed by atoms with Crippen molar-refractivity contribution in [2.24, 2.45) is 5.41 Å². The van der Waals surface area contributed by atoms with Gasteiger partial charge in [0.05, 0.1) is 5.41 Å². The van der Waals surface area contributed by atoms with Crippen LogP contribution in [0.25, 0.3) is 0 Å². The van der Waals surface area contributed by atoms with E-state index in [2.05, 4.69) is 6.58 Å². The number of hydrogen-bond donors (Lipinski definition) is 1. The molecule has 0 amide bonds. The van der Waals surface area contributed by atoms with E-state index in [-0.39, 0.29) is 0 Å². The number of aliphatic carboxylic acids is 1. The van der Waals surface area contributed by atoms with Crippen LogP contribution >= 0.6 is 0 Å². The predicted molar refractivity (Wildman–Crippen MR) is 59.1 cm³/mol. The van der Waals surface area contributed by atoms with Crippen molar-refractivity contribution >= 4 is 5.97 Å². The first-order chi connectivity index (χ1) is 6.32. The van der Waals surface area contributed by atoms with E-state index in [1.165, 1.54) is 0 Å². The Morgan fingerprint density at radius 1 is 1.36 bits per heavy atom. The zero-order valence-corrected chi connectivity index (χ0v) is 9.29. The largest absolute Gasteiger partial charge is 0.481 e. The van der Waals surface area contributed by atoms with E-state index >= 15 is 0 Å². The minimum absolute atomic E-state index is 0.603. The summed E-state index contributed by atoms with van der Waals surface area (Å²) in [5.74, 6) is -0.856. The van der Waals surface area contributed by atoms with Gasteiger partial charge in [-0.2, -0.15) is 0 Å². The Morgan fingerprint density at radius 3 is 2.21 bits per heavy atom. The first-order valence-corrected chi connectivity index (χ1v) is 4.56. The maximum atomic E-state index is 10.9. The van der Waals surface area contributed by atoms with Crippen molar-refractivity contribution in [2.45, 2.75) is 27.7 Å². The molecule has 14 heavy (non-hydrogen) atoms. The number of allylic oxidation sites excluding steroid dienone is 4. The van der Waals surface area contributed by atoms with Crippen LogP contribution in [-0.2, 0) is 4.79 Å². The fourth-order valence-corrected chi connectivity index (χ4v) is 0.674. The molecule has 2 heteroatoms. The van der Waals surface area contributed by atoms with Gasteiger partial charge in [-0.1, -0.05) is 30.4 Å². The monoisotopic (exact) mass is 194 g/mol. The first kappa shape index (κ1) is 12.7. The molecule has 0 atom stereocenters. The van der Waals surface area contributed by atoms with Crippen molar-refractivity contribution in [3.05, 3.63) is 36.0 Å². The van der Waals surface area contributed by atoms with Crippen LogP contribution in [0.1, 0.15) is 27.7 Å². The molecule has 0 fully saturated rings. The summed E-state index contributed by atoms with van der Waals surface area (Å²) >= 11 is 0. The summed E-state index contributed by atoms with van der Waals surface area (Å²) in [6.45, 7) is 10.9. The van der Waals surface area contributed by atoms with Crippen molar-refractivity contribution < 1.29 is 9.90 Å². The SMILES string of the molecule is C=C(/C=C\C(C)=C/C)C(C)(C)C(=O)O. The number of hydrogen-bond acceptors (Lipinski definition) is 1. The summed E-state index contributed by atoms with van der Waals surface area (Å²) in [6.07, 6.45) is 5.58.